The Balaban J connectivity index is 1.03. The van der Waals surface area contributed by atoms with Crippen molar-refractivity contribution in [3.05, 3.63) is 186 Å². The number of methoxy groups -OCH3 is 2. The largest absolute Gasteiger partial charge is 0.497 e. The maximum atomic E-state index is 5.55. The fourth-order valence-corrected chi connectivity index (χ4v) is 10.9. The normalized spacial score (nSPS) is 15.4. The highest BCUT2D eigenvalue weighted by molar-refractivity contribution is 6.21. The average molecular weight is 767 g/mol. The first-order chi connectivity index (χ1) is 29.0. The zero-order valence-electron chi connectivity index (χ0n) is 34.0. The van der Waals surface area contributed by atoms with E-state index in [1.807, 2.05) is 12.1 Å². The number of rotatable bonds is 9. The summed E-state index contributed by atoms with van der Waals surface area (Å²) < 4.78 is 11.1. The zero-order chi connectivity index (χ0) is 39.8. The van der Waals surface area contributed by atoms with Crippen molar-refractivity contribution in [3.63, 3.8) is 0 Å². The summed E-state index contributed by atoms with van der Waals surface area (Å²) in [5.74, 6) is 2.52. The van der Waals surface area contributed by atoms with Crippen molar-refractivity contribution in [2.75, 3.05) is 30.6 Å². The number of para-hydroxylation sites is 2. The molecule has 3 aliphatic rings. The minimum atomic E-state index is 0.393. The molecular formula is C55H46N2O2. The van der Waals surface area contributed by atoms with E-state index in [4.69, 9.17) is 9.47 Å². The van der Waals surface area contributed by atoms with Crippen molar-refractivity contribution in [2.45, 2.75) is 38.5 Å². The van der Waals surface area contributed by atoms with Gasteiger partial charge in [-0.15, -0.1) is 0 Å². The number of fused-ring (bicyclic) bond motifs is 6. The Kier molecular flexibility index (Phi) is 8.37. The van der Waals surface area contributed by atoms with Crippen LogP contribution in [-0.4, -0.2) is 20.8 Å². The molecule has 0 radical (unpaired) electrons. The van der Waals surface area contributed by atoms with E-state index in [1.54, 1.807) is 25.3 Å². The third-order valence-electron chi connectivity index (χ3n) is 13.4. The van der Waals surface area contributed by atoms with E-state index in [1.165, 1.54) is 77.9 Å². The van der Waals surface area contributed by atoms with Crippen LogP contribution in [0, 0.1) is 13.8 Å². The van der Waals surface area contributed by atoms with Crippen LogP contribution in [0.4, 0.5) is 28.4 Å². The highest BCUT2D eigenvalue weighted by Crippen LogP contribution is 2.62. The van der Waals surface area contributed by atoms with Crippen molar-refractivity contribution in [1.29, 1.82) is 0 Å². The summed E-state index contributed by atoms with van der Waals surface area (Å²) in [5.41, 5.74) is 21.7. The fraction of sp³-hybridized carbons (Fsp3) is 0.164. The Morgan fingerprint density at radius 1 is 0.492 bits per heavy atom. The predicted molar refractivity (Wildman–Crippen MR) is 245 cm³/mol. The molecule has 0 fully saturated rings. The molecule has 0 aliphatic heterocycles. The van der Waals surface area contributed by atoms with Crippen molar-refractivity contribution in [3.8, 4) is 44.9 Å². The molecule has 0 spiro atoms. The van der Waals surface area contributed by atoms with E-state index in [0.717, 1.165) is 42.3 Å². The molecule has 8 aromatic rings. The van der Waals surface area contributed by atoms with Crippen LogP contribution in [0.5, 0.6) is 11.5 Å². The van der Waals surface area contributed by atoms with Crippen molar-refractivity contribution in [2.24, 2.45) is 0 Å². The molecule has 0 N–H and O–H groups in total. The summed E-state index contributed by atoms with van der Waals surface area (Å²) in [6.45, 7) is 5.72. The molecule has 3 aliphatic carbocycles. The second kappa shape index (κ2) is 14.0. The Hall–Kier alpha value is -6.78. The smallest absolute Gasteiger partial charge is 0.119 e. The first-order valence-electron chi connectivity index (χ1n) is 20.9. The van der Waals surface area contributed by atoms with Gasteiger partial charge in [0.05, 0.1) is 19.9 Å². The molecule has 59 heavy (non-hydrogen) atoms. The number of ether oxygens (including phenoxy) is 2. The third-order valence-corrected chi connectivity index (χ3v) is 13.4. The fourth-order valence-electron chi connectivity index (χ4n) is 10.9. The maximum absolute atomic E-state index is 5.55. The van der Waals surface area contributed by atoms with Crippen LogP contribution in [0.1, 0.15) is 52.5 Å². The maximum Gasteiger partial charge on any atom is 0.119 e. The van der Waals surface area contributed by atoms with Gasteiger partial charge in [-0.1, -0.05) is 78.9 Å². The molecule has 2 atom stereocenters. The summed E-state index contributed by atoms with van der Waals surface area (Å²) in [7, 11) is 3.45. The second-order valence-corrected chi connectivity index (χ2v) is 16.3. The van der Waals surface area contributed by atoms with Gasteiger partial charge in [0.2, 0.25) is 0 Å². The highest BCUT2D eigenvalue weighted by atomic mass is 16.5. The summed E-state index contributed by atoms with van der Waals surface area (Å²) >= 11 is 0. The first-order valence-corrected chi connectivity index (χ1v) is 20.9. The van der Waals surface area contributed by atoms with Crippen LogP contribution < -0.4 is 19.3 Å². The topological polar surface area (TPSA) is 24.9 Å². The SMILES string of the molecule is COc1ccc(N(CC2CCC3c4c(cccc42)-c2c(C)c4c(c(C)c23)-c2cccc3c(N(c5ccccc5)c5ccc(OC)cc5)ccc-4c23)c2ccccc2)cc1. The molecule has 0 saturated heterocycles. The van der Waals surface area contributed by atoms with E-state index in [0.29, 0.717) is 11.8 Å². The third kappa shape index (κ3) is 5.43. The lowest BCUT2D eigenvalue weighted by Crippen LogP contribution is -2.27. The minimum Gasteiger partial charge on any atom is -0.497 e. The summed E-state index contributed by atoms with van der Waals surface area (Å²) in [6, 6.07) is 57.3. The van der Waals surface area contributed by atoms with Gasteiger partial charge in [0.1, 0.15) is 11.5 Å². The van der Waals surface area contributed by atoms with Crippen LogP contribution in [0.2, 0.25) is 0 Å². The van der Waals surface area contributed by atoms with E-state index >= 15 is 0 Å². The van der Waals surface area contributed by atoms with Crippen molar-refractivity contribution in [1.82, 2.24) is 0 Å². The van der Waals surface area contributed by atoms with Crippen LogP contribution >= 0.6 is 0 Å². The molecule has 0 amide bonds. The van der Waals surface area contributed by atoms with Gasteiger partial charge < -0.3 is 19.3 Å². The first kappa shape index (κ1) is 35.4. The van der Waals surface area contributed by atoms with E-state index in [-0.39, 0.29) is 0 Å². The lowest BCUT2D eigenvalue weighted by molar-refractivity contribution is 0.414. The number of benzene rings is 8. The molecule has 8 aromatic carbocycles. The number of anilines is 5. The number of nitrogens with zero attached hydrogens (tertiary/aromatic N) is 2. The van der Waals surface area contributed by atoms with E-state index in [9.17, 15) is 0 Å². The lowest BCUT2D eigenvalue weighted by Gasteiger charge is -2.35. The standard InChI is InChI=1S/C55H46N2O2/c1-34-50-45-19-11-17-43-36(33-56(37-13-7-5-8-14-37)38-22-26-41(58-3)27-23-38)21-30-47(54(43)45)52(50)35(2)51-46-20-12-18-44-49(32-31-48(53(34)51)55(44)46)57(39-15-9-6-10-16-39)40-24-28-42(59-4)29-25-40/h5-20,22-29,31-32,36,47H,21,30,33H2,1-4H3. The second-order valence-electron chi connectivity index (χ2n) is 16.3. The molecule has 11 rings (SSSR count). The quantitative estimate of drug-likeness (QED) is 0.146. The molecule has 0 heterocycles. The number of hydrogen-bond donors (Lipinski definition) is 0. The van der Waals surface area contributed by atoms with Gasteiger partial charge in [-0.3, -0.25) is 0 Å². The van der Waals surface area contributed by atoms with Crippen LogP contribution in [0.25, 0.3) is 44.2 Å². The molecule has 0 saturated carbocycles. The molecule has 2 unspecified atom stereocenters. The Morgan fingerprint density at radius 2 is 1.07 bits per heavy atom. The van der Waals surface area contributed by atoms with Crippen LogP contribution in [0.3, 0.4) is 0 Å². The highest BCUT2D eigenvalue weighted by Gasteiger charge is 2.41. The Morgan fingerprint density at radius 3 is 1.76 bits per heavy atom. The van der Waals surface area contributed by atoms with Gasteiger partial charge in [-0.25, -0.2) is 0 Å². The molecular weight excluding hydrogens is 721 g/mol. The van der Waals surface area contributed by atoms with Gasteiger partial charge >= 0.3 is 0 Å². The van der Waals surface area contributed by atoms with Crippen molar-refractivity contribution >= 4 is 39.2 Å². The molecule has 4 heteroatoms. The van der Waals surface area contributed by atoms with E-state index in [2.05, 4.69) is 169 Å². The van der Waals surface area contributed by atoms with Gasteiger partial charge in [0.25, 0.3) is 0 Å². The van der Waals surface area contributed by atoms with Gasteiger partial charge in [-0.05, 0) is 172 Å². The van der Waals surface area contributed by atoms with Crippen LogP contribution in [-0.2, 0) is 0 Å². The van der Waals surface area contributed by atoms with E-state index < -0.39 is 0 Å². The molecule has 288 valence electrons. The van der Waals surface area contributed by atoms with Gasteiger partial charge in [0.15, 0.2) is 0 Å². The minimum absolute atomic E-state index is 0.393. The summed E-state index contributed by atoms with van der Waals surface area (Å²) in [5, 5.41) is 2.61. The average Bonchev–Trinajstić information content (AvgIpc) is 3.83. The van der Waals surface area contributed by atoms with Crippen LogP contribution in [0.15, 0.2) is 158 Å². The summed E-state index contributed by atoms with van der Waals surface area (Å²) in [6.07, 6.45) is 2.27. The Labute approximate surface area is 346 Å². The van der Waals surface area contributed by atoms with Gasteiger partial charge in [0, 0.05) is 46.5 Å². The number of hydrogen-bond acceptors (Lipinski definition) is 4. The summed E-state index contributed by atoms with van der Waals surface area (Å²) in [4.78, 5) is 4.88. The lowest BCUT2D eigenvalue weighted by atomic mass is 9.74. The molecule has 4 nitrogen and oxygen atoms in total. The molecule has 0 bridgehead atoms. The van der Waals surface area contributed by atoms with Gasteiger partial charge in [-0.2, -0.15) is 0 Å². The predicted octanol–water partition coefficient (Wildman–Crippen LogP) is 14.4. The zero-order valence-corrected chi connectivity index (χ0v) is 34.0. The molecule has 0 aromatic heterocycles. The monoisotopic (exact) mass is 766 g/mol. The van der Waals surface area contributed by atoms with Crippen molar-refractivity contribution < 1.29 is 9.47 Å². The Bertz CT molecular complexity index is 2900.